The van der Waals surface area contributed by atoms with Crippen LogP contribution in [-0.4, -0.2) is 42.5 Å². The van der Waals surface area contributed by atoms with Crippen molar-refractivity contribution in [1.82, 2.24) is 10.2 Å². The summed E-state index contributed by atoms with van der Waals surface area (Å²) in [4.78, 5) is 12.0. The van der Waals surface area contributed by atoms with Crippen molar-refractivity contribution in [2.24, 2.45) is 0 Å². The van der Waals surface area contributed by atoms with Crippen LogP contribution in [0.3, 0.4) is 0 Å². The number of carbonyl (C=O) groups excluding carboxylic acids is 1. The van der Waals surface area contributed by atoms with E-state index < -0.39 is 5.91 Å². The summed E-state index contributed by atoms with van der Waals surface area (Å²) >= 11 is 0. The molecule has 0 saturated heterocycles. The number of nitrogens with zero attached hydrogens (tertiary/aromatic N) is 2. The zero-order chi connectivity index (χ0) is 18.4. The van der Waals surface area contributed by atoms with Crippen LogP contribution in [0.2, 0.25) is 0 Å². The predicted octanol–water partition coefficient (Wildman–Crippen LogP) is 2.36. The van der Waals surface area contributed by atoms with Crippen LogP contribution in [0.5, 0.6) is 11.5 Å². The van der Waals surface area contributed by atoms with Gasteiger partial charge in [-0.25, -0.2) is 0 Å². The van der Waals surface area contributed by atoms with Gasteiger partial charge in [0.1, 0.15) is 19.5 Å². The minimum atomic E-state index is -0.526. The summed E-state index contributed by atoms with van der Waals surface area (Å²) in [5.74, 6) is 0.970. The molecule has 1 aliphatic rings. The van der Waals surface area contributed by atoms with E-state index >= 15 is 0 Å². The molecule has 26 heavy (non-hydrogen) atoms. The van der Waals surface area contributed by atoms with Gasteiger partial charge in [0.25, 0.3) is 5.91 Å². The van der Waals surface area contributed by atoms with Gasteiger partial charge in [0, 0.05) is 5.56 Å². The average Bonchev–Trinajstić information content (AvgIpc) is 3.13. The molecule has 9 heteroatoms. The van der Waals surface area contributed by atoms with Gasteiger partial charge in [0.2, 0.25) is 11.6 Å². The molecule has 1 aliphatic heterocycles. The van der Waals surface area contributed by atoms with Crippen molar-refractivity contribution in [3.63, 3.8) is 0 Å². The SMILES string of the molecule is CCOc1ccc(-c2nnc(NC(=O)C3=COCCO3)o2)cc1OCC. The van der Waals surface area contributed by atoms with Crippen LogP contribution in [-0.2, 0) is 14.3 Å². The van der Waals surface area contributed by atoms with E-state index in [1.54, 1.807) is 18.2 Å². The number of aromatic nitrogens is 2. The molecule has 1 aromatic heterocycles. The van der Waals surface area contributed by atoms with Crippen LogP contribution in [0.1, 0.15) is 13.8 Å². The fourth-order valence-corrected chi connectivity index (χ4v) is 2.22. The zero-order valence-electron chi connectivity index (χ0n) is 14.5. The molecule has 1 amide bonds. The fraction of sp³-hybridized carbons (Fsp3) is 0.353. The van der Waals surface area contributed by atoms with Crippen molar-refractivity contribution in [2.75, 3.05) is 31.7 Å². The Kier molecular flexibility index (Phi) is 5.57. The highest BCUT2D eigenvalue weighted by Gasteiger charge is 2.19. The minimum Gasteiger partial charge on any atom is -0.494 e. The summed E-state index contributed by atoms with van der Waals surface area (Å²) in [7, 11) is 0. The van der Waals surface area contributed by atoms with E-state index in [4.69, 9.17) is 23.4 Å². The average molecular weight is 361 g/mol. The Bertz CT molecular complexity index is 802. The van der Waals surface area contributed by atoms with Crippen molar-refractivity contribution < 1.29 is 28.2 Å². The number of ether oxygens (including phenoxy) is 4. The maximum atomic E-state index is 12.0. The van der Waals surface area contributed by atoms with Crippen LogP contribution in [0, 0.1) is 0 Å². The highest BCUT2D eigenvalue weighted by Crippen LogP contribution is 2.32. The third-order valence-electron chi connectivity index (χ3n) is 3.31. The third kappa shape index (κ3) is 4.05. The highest BCUT2D eigenvalue weighted by molar-refractivity contribution is 6.00. The molecule has 2 aromatic rings. The summed E-state index contributed by atoms with van der Waals surface area (Å²) in [6, 6.07) is 5.23. The second-order valence-electron chi connectivity index (χ2n) is 5.10. The van der Waals surface area contributed by atoms with Crippen LogP contribution in [0.15, 0.2) is 34.6 Å². The Hall–Kier alpha value is -3.23. The minimum absolute atomic E-state index is 0.0491. The van der Waals surface area contributed by atoms with Crippen molar-refractivity contribution in [3.05, 3.63) is 30.2 Å². The van der Waals surface area contributed by atoms with Crippen molar-refractivity contribution in [2.45, 2.75) is 13.8 Å². The lowest BCUT2D eigenvalue weighted by atomic mass is 10.2. The standard InChI is InChI=1S/C17H19N3O6/c1-3-23-12-6-5-11(9-13(12)24-4-2)16-19-20-17(26-16)18-15(21)14-10-22-7-8-25-14/h5-6,9-10H,3-4,7-8H2,1-2H3,(H,18,20,21). The van der Waals surface area contributed by atoms with E-state index in [0.29, 0.717) is 43.5 Å². The van der Waals surface area contributed by atoms with Crippen molar-refractivity contribution in [3.8, 4) is 23.0 Å². The number of benzene rings is 1. The van der Waals surface area contributed by atoms with E-state index in [-0.39, 0.29) is 17.7 Å². The molecule has 9 nitrogen and oxygen atoms in total. The van der Waals surface area contributed by atoms with Crippen LogP contribution < -0.4 is 14.8 Å². The summed E-state index contributed by atoms with van der Waals surface area (Å²) in [5, 5.41) is 10.2. The molecule has 0 fully saturated rings. The topological polar surface area (TPSA) is 105 Å². The molecule has 0 aliphatic carbocycles. The largest absolute Gasteiger partial charge is 0.494 e. The van der Waals surface area contributed by atoms with Crippen LogP contribution in [0.4, 0.5) is 6.01 Å². The number of nitrogens with one attached hydrogen (secondary N) is 1. The van der Waals surface area contributed by atoms with Crippen LogP contribution >= 0.6 is 0 Å². The summed E-state index contributed by atoms with van der Waals surface area (Å²) < 4.78 is 26.8. The van der Waals surface area contributed by atoms with Gasteiger partial charge in [-0.3, -0.25) is 10.1 Å². The Balaban J connectivity index is 1.75. The number of anilines is 1. The molecule has 3 rings (SSSR count). The van der Waals surface area contributed by atoms with Gasteiger partial charge in [0.15, 0.2) is 11.5 Å². The Labute approximate surface area is 149 Å². The fourth-order valence-electron chi connectivity index (χ4n) is 2.22. The molecule has 1 aromatic carbocycles. The van der Waals surface area contributed by atoms with E-state index in [1.807, 2.05) is 13.8 Å². The molecule has 1 N–H and O–H groups in total. The second kappa shape index (κ2) is 8.24. The molecule has 2 heterocycles. The molecule has 0 bridgehead atoms. The van der Waals surface area contributed by atoms with Crippen molar-refractivity contribution >= 4 is 11.9 Å². The Morgan fingerprint density at radius 3 is 2.69 bits per heavy atom. The lowest BCUT2D eigenvalue weighted by molar-refractivity contribution is -0.117. The number of amides is 1. The summed E-state index contributed by atoms with van der Waals surface area (Å²) in [6.45, 7) is 5.51. The first-order chi connectivity index (χ1) is 12.7. The Morgan fingerprint density at radius 2 is 1.96 bits per heavy atom. The number of carbonyl (C=O) groups is 1. The molecule has 0 radical (unpaired) electrons. The number of rotatable bonds is 7. The zero-order valence-corrected chi connectivity index (χ0v) is 14.5. The molecule has 0 atom stereocenters. The molecule has 0 unspecified atom stereocenters. The highest BCUT2D eigenvalue weighted by atomic mass is 16.6. The second-order valence-corrected chi connectivity index (χ2v) is 5.10. The van der Waals surface area contributed by atoms with E-state index in [0.717, 1.165) is 0 Å². The smallest absolute Gasteiger partial charge is 0.322 e. The van der Waals surface area contributed by atoms with E-state index in [9.17, 15) is 4.79 Å². The summed E-state index contributed by atoms with van der Waals surface area (Å²) in [5.41, 5.74) is 0.640. The number of hydrogen-bond acceptors (Lipinski definition) is 8. The molecule has 0 spiro atoms. The first-order valence-electron chi connectivity index (χ1n) is 8.20. The molecular formula is C17H19N3O6. The van der Waals surface area contributed by atoms with Gasteiger partial charge in [-0.05, 0) is 32.0 Å². The van der Waals surface area contributed by atoms with Crippen LogP contribution in [0.25, 0.3) is 11.5 Å². The maximum Gasteiger partial charge on any atom is 0.322 e. The molecule has 0 saturated carbocycles. The predicted molar refractivity (Wildman–Crippen MR) is 90.7 cm³/mol. The first-order valence-corrected chi connectivity index (χ1v) is 8.20. The van der Waals surface area contributed by atoms with Gasteiger partial charge >= 0.3 is 6.01 Å². The van der Waals surface area contributed by atoms with Gasteiger partial charge in [-0.1, -0.05) is 5.10 Å². The lowest BCUT2D eigenvalue weighted by Gasteiger charge is -2.13. The summed E-state index contributed by atoms with van der Waals surface area (Å²) in [6.07, 6.45) is 1.25. The van der Waals surface area contributed by atoms with E-state index in [1.165, 1.54) is 6.26 Å². The first kappa shape index (κ1) is 17.6. The van der Waals surface area contributed by atoms with Crippen molar-refractivity contribution in [1.29, 1.82) is 0 Å². The Morgan fingerprint density at radius 1 is 1.15 bits per heavy atom. The quantitative estimate of drug-likeness (QED) is 0.801. The third-order valence-corrected chi connectivity index (χ3v) is 3.31. The van der Waals surface area contributed by atoms with Gasteiger partial charge < -0.3 is 23.4 Å². The van der Waals surface area contributed by atoms with Gasteiger partial charge in [0.05, 0.1) is 13.2 Å². The molecule has 138 valence electrons. The monoisotopic (exact) mass is 361 g/mol. The lowest BCUT2D eigenvalue weighted by Crippen LogP contribution is -2.21. The molecular weight excluding hydrogens is 342 g/mol. The number of hydrogen-bond donors (Lipinski definition) is 1. The van der Waals surface area contributed by atoms with Gasteiger partial charge in [-0.2, -0.15) is 0 Å². The van der Waals surface area contributed by atoms with E-state index in [2.05, 4.69) is 15.5 Å². The van der Waals surface area contributed by atoms with Gasteiger partial charge in [-0.15, -0.1) is 5.10 Å². The normalized spacial score (nSPS) is 13.2. The maximum absolute atomic E-state index is 12.0.